The van der Waals surface area contributed by atoms with Crippen LogP contribution in [0.5, 0.6) is 0 Å². The normalized spacial score (nSPS) is 12.1. The van der Waals surface area contributed by atoms with E-state index in [1.54, 1.807) is 19.1 Å². The molecule has 0 atom stereocenters. The van der Waals surface area contributed by atoms with E-state index < -0.39 is 10.0 Å². The molecule has 0 bridgehead atoms. The number of hydrogen-bond donors (Lipinski definition) is 1. The summed E-state index contributed by atoms with van der Waals surface area (Å²) in [5, 5.41) is 0. The zero-order valence-electron chi connectivity index (χ0n) is 12.6. The number of likely N-dealkylation sites (N-methyl/N-ethyl adjacent to an activating group) is 1. The number of aryl methyl sites for hydroxylation is 2. The smallest absolute Gasteiger partial charge is 0.245 e. The zero-order valence-corrected chi connectivity index (χ0v) is 13.5. The number of nitrogens with zero attached hydrogens (tertiary/aromatic N) is 1. The molecule has 1 rings (SSSR count). The first-order valence-corrected chi connectivity index (χ1v) is 8.23. The molecule has 0 unspecified atom stereocenters. The molecule has 20 heavy (non-hydrogen) atoms. The number of benzene rings is 1. The number of hydrogen-bond acceptors (Lipinski definition) is 4. The highest BCUT2D eigenvalue weighted by Gasteiger charge is 2.25. The molecule has 0 aromatic heterocycles. The fraction of sp³-hybridized carbons (Fsp3) is 0.571. The molecule has 0 amide bonds. The summed E-state index contributed by atoms with van der Waals surface area (Å²) in [6.07, 6.45) is 0. The lowest BCUT2D eigenvalue weighted by Gasteiger charge is -2.22. The van der Waals surface area contributed by atoms with Crippen LogP contribution in [0.15, 0.2) is 17.0 Å². The summed E-state index contributed by atoms with van der Waals surface area (Å²) in [7, 11) is -3.57. The van der Waals surface area contributed by atoms with E-state index in [0.717, 1.165) is 11.1 Å². The van der Waals surface area contributed by atoms with Crippen LogP contribution >= 0.6 is 0 Å². The average molecular weight is 300 g/mol. The Morgan fingerprint density at radius 2 is 1.80 bits per heavy atom. The molecule has 0 aliphatic heterocycles. The van der Waals surface area contributed by atoms with Crippen LogP contribution in [0.4, 0.5) is 5.69 Å². The third-order valence-electron chi connectivity index (χ3n) is 3.29. The standard InChI is InChI=1S/C14H24N2O3S/c1-5-16(7-8-19-6-2)20(17,18)14-10-12(4)11(3)9-13(14)15/h9-10H,5-8,15H2,1-4H3. The van der Waals surface area contributed by atoms with Crippen molar-refractivity contribution in [2.75, 3.05) is 32.0 Å². The Kier molecular flexibility index (Phi) is 5.98. The molecule has 0 spiro atoms. The van der Waals surface area contributed by atoms with E-state index >= 15 is 0 Å². The average Bonchev–Trinajstić information content (AvgIpc) is 2.38. The van der Waals surface area contributed by atoms with Gasteiger partial charge in [0.25, 0.3) is 0 Å². The van der Waals surface area contributed by atoms with Crippen LogP contribution in [0.3, 0.4) is 0 Å². The molecular weight excluding hydrogens is 276 g/mol. The lowest BCUT2D eigenvalue weighted by molar-refractivity contribution is 0.135. The molecule has 1 aromatic rings. The van der Waals surface area contributed by atoms with E-state index in [4.69, 9.17) is 10.5 Å². The maximum Gasteiger partial charge on any atom is 0.245 e. The van der Waals surface area contributed by atoms with E-state index in [9.17, 15) is 8.42 Å². The quantitative estimate of drug-likeness (QED) is 0.617. The fourth-order valence-corrected chi connectivity index (χ4v) is 3.55. The summed E-state index contributed by atoms with van der Waals surface area (Å²) in [6.45, 7) is 9.16. The topological polar surface area (TPSA) is 72.6 Å². The molecule has 1 aromatic carbocycles. The van der Waals surface area contributed by atoms with Gasteiger partial charge in [0.2, 0.25) is 10.0 Å². The van der Waals surface area contributed by atoms with Crippen molar-refractivity contribution in [2.24, 2.45) is 0 Å². The third-order valence-corrected chi connectivity index (χ3v) is 5.32. The van der Waals surface area contributed by atoms with Crippen LogP contribution < -0.4 is 5.73 Å². The minimum atomic E-state index is -3.57. The maximum absolute atomic E-state index is 12.6. The number of nitrogens with two attached hydrogens (primary N) is 1. The number of anilines is 1. The molecule has 0 radical (unpaired) electrons. The second-order valence-electron chi connectivity index (χ2n) is 4.67. The second-order valence-corrected chi connectivity index (χ2v) is 6.57. The number of nitrogen functional groups attached to an aromatic ring is 1. The molecular formula is C14H24N2O3S. The monoisotopic (exact) mass is 300 g/mol. The van der Waals surface area contributed by atoms with Crippen LogP contribution in [-0.2, 0) is 14.8 Å². The van der Waals surface area contributed by atoms with Gasteiger partial charge in [-0.2, -0.15) is 4.31 Å². The summed E-state index contributed by atoms with van der Waals surface area (Å²) in [4.78, 5) is 0.180. The largest absolute Gasteiger partial charge is 0.398 e. The van der Waals surface area contributed by atoms with Crippen LogP contribution in [0.25, 0.3) is 0 Å². The summed E-state index contributed by atoms with van der Waals surface area (Å²) in [5.74, 6) is 0. The van der Waals surface area contributed by atoms with Crippen LogP contribution in [0, 0.1) is 13.8 Å². The fourth-order valence-electron chi connectivity index (χ4n) is 1.93. The zero-order chi connectivity index (χ0) is 15.3. The second kappa shape index (κ2) is 7.06. The van der Waals surface area contributed by atoms with E-state index in [2.05, 4.69) is 0 Å². The van der Waals surface area contributed by atoms with E-state index in [-0.39, 0.29) is 4.90 Å². The lowest BCUT2D eigenvalue weighted by atomic mass is 10.1. The van der Waals surface area contributed by atoms with E-state index in [0.29, 0.717) is 32.0 Å². The van der Waals surface area contributed by atoms with Crippen LogP contribution in [0.2, 0.25) is 0 Å². The van der Waals surface area contributed by atoms with Crippen molar-refractivity contribution >= 4 is 15.7 Å². The Morgan fingerprint density at radius 1 is 1.20 bits per heavy atom. The number of ether oxygens (including phenoxy) is 1. The van der Waals surface area contributed by atoms with Gasteiger partial charge < -0.3 is 10.5 Å². The molecule has 114 valence electrons. The summed E-state index contributed by atoms with van der Waals surface area (Å²) in [6, 6.07) is 3.35. The van der Waals surface area contributed by atoms with E-state index in [1.807, 2.05) is 20.8 Å². The molecule has 0 saturated carbocycles. The molecule has 0 fully saturated rings. The SMILES string of the molecule is CCOCCN(CC)S(=O)(=O)c1cc(C)c(C)cc1N. The van der Waals surface area contributed by atoms with Crippen LogP contribution in [0.1, 0.15) is 25.0 Å². The predicted molar refractivity (Wildman–Crippen MR) is 81.3 cm³/mol. The Bertz CT molecular complexity index is 556. The van der Waals surface area contributed by atoms with Gasteiger partial charge in [0.15, 0.2) is 0 Å². The van der Waals surface area contributed by atoms with Gasteiger partial charge in [-0.05, 0) is 44.0 Å². The maximum atomic E-state index is 12.6. The Morgan fingerprint density at radius 3 is 2.35 bits per heavy atom. The number of sulfonamides is 1. The Balaban J connectivity index is 3.11. The Hall–Kier alpha value is -1.11. The molecule has 0 heterocycles. The highest BCUT2D eigenvalue weighted by molar-refractivity contribution is 7.89. The van der Waals surface area contributed by atoms with Crippen molar-refractivity contribution < 1.29 is 13.2 Å². The first-order chi connectivity index (χ1) is 9.34. The van der Waals surface area contributed by atoms with Crippen molar-refractivity contribution in [1.29, 1.82) is 0 Å². The Labute approximate surface area is 121 Å². The van der Waals surface area contributed by atoms with Gasteiger partial charge in [-0.25, -0.2) is 8.42 Å². The van der Waals surface area contributed by atoms with Gasteiger partial charge in [0.1, 0.15) is 4.90 Å². The van der Waals surface area contributed by atoms with Crippen molar-refractivity contribution in [2.45, 2.75) is 32.6 Å². The third kappa shape index (κ3) is 3.71. The van der Waals surface area contributed by atoms with Crippen molar-refractivity contribution in [1.82, 2.24) is 4.31 Å². The molecule has 2 N–H and O–H groups in total. The van der Waals surface area contributed by atoms with Crippen molar-refractivity contribution in [3.05, 3.63) is 23.3 Å². The molecule has 5 nitrogen and oxygen atoms in total. The minimum Gasteiger partial charge on any atom is -0.398 e. The van der Waals surface area contributed by atoms with Gasteiger partial charge in [-0.1, -0.05) is 6.92 Å². The van der Waals surface area contributed by atoms with Gasteiger partial charge in [-0.15, -0.1) is 0 Å². The van der Waals surface area contributed by atoms with Crippen molar-refractivity contribution in [3.8, 4) is 0 Å². The predicted octanol–water partition coefficient (Wildman–Crippen LogP) is 1.93. The van der Waals surface area contributed by atoms with Gasteiger partial charge >= 0.3 is 0 Å². The summed E-state index contributed by atoms with van der Waals surface area (Å²) < 4.78 is 31.9. The molecule has 0 aliphatic rings. The number of rotatable bonds is 7. The summed E-state index contributed by atoms with van der Waals surface area (Å²) in [5.41, 5.74) is 8.08. The van der Waals surface area contributed by atoms with E-state index in [1.165, 1.54) is 4.31 Å². The first kappa shape index (κ1) is 16.9. The highest BCUT2D eigenvalue weighted by atomic mass is 32.2. The highest BCUT2D eigenvalue weighted by Crippen LogP contribution is 2.25. The molecule has 0 aliphatic carbocycles. The van der Waals surface area contributed by atoms with Gasteiger partial charge in [-0.3, -0.25) is 0 Å². The molecule has 0 saturated heterocycles. The minimum absolute atomic E-state index is 0.180. The lowest BCUT2D eigenvalue weighted by Crippen LogP contribution is -2.34. The summed E-state index contributed by atoms with van der Waals surface area (Å²) >= 11 is 0. The first-order valence-electron chi connectivity index (χ1n) is 6.79. The van der Waals surface area contributed by atoms with Crippen molar-refractivity contribution in [3.63, 3.8) is 0 Å². The molecule has 6 heteroatoms. The van der Waals surface area contributed by atoms with Gasteiger partial charge in [0.05, 0.1) is 12.3 Å². The van der Waals surface area contributed by atoms with Gasteiger partial charge in [0, 0.05) is 19.7 Å². The van der Waals surface area contributed by atoms with Crippen LogP contribution in [-0.4, -0.2) is 39.0 Å².